The Morgan fingerprint density at radius 2 is 1.21 bits per heavy atom. The van der Waals surface area contributed by atoms with Crippen molar-refractivity contribution in [1.82, 2.24) is 14.1 Å². The van der Waals surface area contributed by atoms with Crippen molar-refractivity contribution >= 4 is 49.3 Å². The molecule has 3 nitrogen and oxygen atoms in total. The third-order valence-corrected chi connectivity index (χ3v) is 7.78. The van der Waals surface area contributed by atoms with E-state index in [1.807, 2.05) is 6.07 Å². The molecule has 180 valence electrons. The highest BCUT2D eigenvalue weighted by Crippen LogP contribution is 2.40. The molecule has 0 aliphatic heterocycles. The Morgan fingerprint density at radius 3 is 1.92 bits per heavy atom. The number of pyridine rings is 1. The molecule has 0 saturated carbocycles. The first-order chi connectivity index (χ1) is 18.9. The predicted molar refractivity (Wildman–Crippen MR) is 160 cm³/mol. The summed E-state index contributed by atoms with van der Waals surface area (Å²) in [5.74, 6) is 0.931. The molecule has 0 spiro atoms. The minimum absolute atomic E-state index is 0.931. The first kappa shape index (κ1) is 21.2. The van der Waals surface area contributed by atoms with Crippen LogP contribution in [0.4, 0.5) is 0 Å². The van der Waals surface area contributed by atoms with Gasteiger partial charge in [0.25, 0.3) is 0 Å². The lowest BCUT2D eigenvalue weighted by atomic mass is 10.1. The summed E-state index contributed by atoms with van der Waals surface area (Å²) >= 11 is 0. The van der Waals surface area contributed by atoms with Crippen LogP contribution in [0.15, 0.2) is 127 Å². The number of hydrogen-bond donors (Lipinski definition) is 0. The Labute approximate surface area is 220 Å². The summed E-state index contributed by atoms with van der Waals surface area (Å²) in [6, 6.07) is 39.0. The quantitative estimate of drug-likeness (QED) is 0.244. The SMILES string of the molecule is C1=CCCC(n2c3ccccc3c3cc4c(cc32)c2ccccc2n4-c2cccc(-c3ccccc3)n2)=C1. The number of aromatic nitrogens is 3. The van der Waals surface area contributed by atoms with Crippen LogP contribution in [0, 0.1) is 0 Å². The molecule has 0 atom stereocenters. The van der Waals surface area contributed by atoms with Gasteiger partial charge in [0.15, 0.2) is 0 Å². The number of hydrogen-bond acceptors (Lipinski definition) is 1. The van der Waals surface area contributed by atoms with Gasteiger partial charge >= 0.3 is 0 Å². The van der Waals surface area contributed by atoms with E-state index in [4.69, 9.17) is 4.98 Å². The maximum atomic E-state index is 5.15. The molecule has 38 heavy (non-hydrogen) atoms. The zero-order valence-corrected chi connectivity index (χ0v) is 20.9. The monoisotopic (exact) mass is 487 g/mol. The summed E-state index contributed by atoms with van der Waals surface area (Å²) in [6.07, 6.45) is 8.82. The van der Waals surface area contributed by atoms with Gasteiger partial charge in [-0.25, -0.2) is 4.98 Å². The molecule has 0 unspecified atom stereocenters. The van der Waals surface area contributed by atoms with Gasteiger partial charge in [0.05, 0.1) is 27.8 Å². The second kappa shape index (κ2) is 8.32. The molecule has 7 aromatic rings. The van der Waals surface area contributed by atoms with Crippen LogP contribution in [0.2, 0.25) is 0 Å². The van der Waals surface area contributed by atoms with E-state index in [-0.39, 0.29) is 0 Å². The summed E-state index contributed by atoms with van der Waals surface area (Å²) in [5.41, 5.74) is 8.31. The Kier molecular flexibility index (Phi) is 4.65. The molecule has 8 rings (SSSR count). The maximum Gasteiger partial charge on any atom is 0.138 e. The van der Waals surface area contributed by atoms with Crippen molar-refractivity contribution in [3.8, 4) is 17.1 Å². The fraction of sp³-hybridized carbons (Fsp3) is 0.0571. The van der Waals surface area contributed by atoms with Crippen molar-refractivity contribution in [1.29, 1.82) is 0 Å². The van der Waals surface area contributed by atoms with Crippen LogP contribution in [-0.2, 0) is 0 Å². The van der Waals surface area contributed by atoms with Crippen molar-refractivity contribution in [2.75, 3.05) is 0 Å². The van der Waals surface area contributed by atoms with E-state index < -0.39 is 0 Å². The summed E-state index contributed by atoms with van der Waals surface area (Å²) in [5, 5.41) is 5.04. The van der Waals surface area contributed by atoms with Gasteiger partial charge in [-0.15, -0.1) is 0 Å². The fourth-order valence-electron chi connectivity index (χ4n) is 6.08. The van der Waals surface area contributed by atoms with E-state index in [1.165, 1.54) is 49.3 Å². The summed E-state index contributed by atoms with van der Waals surface area (Å²) < 4.78 is 4.79. The lowest BCUT2D eigenvalue weighted by Gasteiger charge is -2.14. The number of para-hydroxylation sites is 2. The predicted octanol–water partition coefficient (Wildman–Crippen LogP) is 9.14. The molecule has 1 aliphatic rings. The van der Waals surface area contributed by atoms with E-state index >= 15 is 0 Å². The molecular formula is C35H25N3. The molecule has 0 saturated heterocycles. The fourth-order valence-corrected chi connectivity index (χ4v) is 6.08. The Hall–Kier alpha value is -4.89. The van der Waals surface area contributed by atoms with Crippen molar-refractivity contribution in [2.45, 2.75) is 12.8 Å². The van der Waals surface area contributed by atoms with Gasteiger partial charge in [-0.3, -0.25) is 4.57 Å². The van der Waals surface area contributed by atoms with Gasteiger partial charge in [-0.2, -0.15) is 0 Å². The highest BCUT2D eigenvalue weighted by atomic mass is 15.1. The smallest absolute Gasteiger partial charge is 0.138 e. The molecular weight excluding hydrogens is 462 g/mol. The zero-order chi connectivity index (χ0) is 25.1. The lowest BCUT2D eigenvalue weighted by molar-refractivity contribution is 0.979. The van der Waals surface area contributed by atoms with Gasteiger partial charge in [0, 0.05) is 32.8 Å². The number of fused-ring (bicyclic) bond motifs is 6. The average Bonchev–Trinajstić information content (AvgIpc) is 3.49. The van der Waals surface area contributed by atoms with E-state index in [0.717, 1.165) is 29.9 Å². The highest BCUT2D eigenvalue weighted by Gasteiger charge is 2.19. The topological polar surface area (TPSA) is 22.8 Å². The summed E-state index contributed by atoms with van der Waals surface area (Å²) in [6.45, 7) is 0. The Bertz CT molecular complexity index is 2070. The van der Waals surface area contributed by atoms with Crippen LogP contribution in [0.1, 0.15) is 12.8 Å². The number of benzene rings is 4. The normalized spacial score (nSPS) is 13.6. The molecule has 1 aliphatic carbocycles. The zero-order valence-electron chi connectivity index (χ0n) is 20.9. The van der Waals surface area contributed by atoms with Gasteiger partial charge in [0.1, 0.15) is 5.82 Å². The van der Waals surface area contributed by atoms with Gasteiger partial charge in [0.2, 0.25) is 0 Å². The highest BCUT2D eigenvalue weighted by molar-refractivity contribution is 6.19. The van der Waals surface area contributed by atoms with Crippen LogP contribution in [0.3, 0.4) is 0 Å². The van der Waals surface area contributed by atoms with Crippen LogP contribution >= 0.6 is 0 Å². The number of allylic oxidation sites excluding steroid dienone is 4. The molecule has 0 amide bonds. The van der Waals surface area contributed by atoms with Gasteiger partial charge < -0.3 is 4.57 Å². The Morgan fingerprint density at radius 1 is 0.553 bits per heavy atom. The maximum absolute atomic E-state index is 5.15. The number of nitrogens with zero attached hydrogens (tertiary/aromatic N) is 3. The van der Waals surface area contributed by atoms with Crippen molar-refractivity contribution in [2.24, 2.45) is 0 Å². The summed E-state index contributed by atoms with van der Waals surface area (Å²) in [7, 11) is 0. The molecule has 3 heteroatoms. The largest absolute Gasteiger partial charge is 0.313 e. The minimum atomic E-state index is 0.931. The molecule has 0 N–H and O–H groups in total. The second-order valence-corrected chi connectivity index (χ2v) is 9.96. The molecule has 4 aromatic carbocycles. The van der Waals surface area contributed by atoms with Gasteiger partial charge in [-0.1, -0.05) is 84.9 Å². The molecule has 0 bridgehead atoms. The van der Waals surface area contributed by atoms with E-state index in [1.54, 1.807) is 0 Å². The standard InChI is InChI=1S/C35H25N3/c1-3-12-24(13-4-1)30-18-11-21-35(36-30)38-32-20-10-8-17-27(32)29-22-33-28(23-34(29)38)26-16-7-9-19-31(26)37(33)25-14-5-2-6-15-25/h1-5,7-14,16-23H,6,15H2. The molecule has 0 fully saturated rings. The lowest BCUT2D eigenvalue weighted by Crippen LogP contribution is -1.99. The molecule has 3 heterocycles. The summed E-state index contributed by atoms with van der Waals surface area (Å²) in [4.78, 5) is 5.15. The van der Waals surface area contributed by atoms with Crippen LogP contribution < -0.4 is 0 Å². The van der Waals surface area contributed by atoms with Gasteiger partial charge in [-0.05, 0) is 55.3 Å². The first-order valence-electron chi connectivity index (χ1n) is 13.2. The molecule has 0 radical (unpaired) electrons. The second-order valence-electron chi connectivity index (χ2n) is 9.96. The van der Waals surface area contributed by atoms with Crippen molar-refractivity contribution in [3.63, 3.8) is 0 Å². The van der Waals surface area contributed by atoms with Crippen molar-refractivity contribution in [3.05, 3.63) is 127 Å². The van der Waals surface area contributed by atoms with Crippen LogP contribution in [0.25, 0.3) is 66.4 Å². The van der Waals surface area contributed by atoms with E-state index in [0.29, 0.717) is 0 Å². The number of rotatable bonds is 3. The van der Waals surface area contributed by atoms with E-state index in [9.17, 15) is 0 Å². The van der Waals surface area contributed by atoms with Crippen molar-refractivity contribution < 1.29 is 0 Å². The third-order valence-electron chi connectivity index (χ3n) is 7.78. The van der Waals surface area contributed by atoms with Crippen LogP contribution in [-0.4, -0.2) is 14.1 Å². The van der Waals surface area contributed by atoms with Crippen LogP contribution in [0.5, 0.6) is 0 Å². The molecule has 3 aromatic heterocycles. The minimum Gasteiger partial charge on any atom is -0.313 e. The average molecular weight is 488 g/mol. The third kappa shape index (κ3) is 3.12. The van der Waals surface area contributed by atoms with E-state index in [2.05, 4.69) is 130 Å². The first-order valence-corrected chi connectivity index (χ1v) is 13.2. The Balaban J connectivity index is 1.47.